The quantitative estimate of drug-likeness (QED) is 0.812. The largest absolute Gasteiger partial charge is 0.484 e. The molecule has 1 N–H and O–H groups in total. The van der Waals surface area contributed by atoms with Gasteiger partial charge in [0.15, 0.2) is 6.61 Å². The standard InChI is InChI=1S/C15H16N2O3/c1-2-8-16-14(18)11-20-13-6-3-5-12(10-13)17-9-4-7-15(17)19/h1,3,5-6,10H,4,7-9,11H2,(H,16,18). The highest BCUT2D eigenvalue weighted by Crippen LogP contribution is 2.25. The van der Waals surface area contributed by atoms with Crippen molar-refractivity contribution in [2.75, 3.05) is 24.6 Å². The van der Waals surface area contributed by atoms with E-state index in [0.717, 1.165) is 18.7 Å². The summed E-state index contributed by atoms with van der Waals surface area (Å²) in [5.41, 5.74) is 0.800. The zero-order valence-electron chi connectivity index (χ0n) is 11.1. The summed E-state index contributed by atoms with van der Waals surface area (Å²) in [4.78, 5) is 24.8. The lowest BCUT2D eigenvalue weighted by atomic mass is 10.3. The number of carbonyl (C=O) groups is 2. The van der Waals surface area contributed by atoms with Crippen molar-refractivity contribution in [3.05, 3.63) is 24.3 Å². The summed E-state index contributed by atoms with van der Waals surface area (Å²) in [6.07, 6.45) is 6.50. The normalized spacial score (nSPS) is 13.9. The van der Waals surface area contributed by atoms with Crippen LogP contribution in [0.15, 0.2) is 24.3 Å². The molecule has 1 aliphatic heterocycles. The van der Waals surface area contributed by atoms with Crippen LogP contribution in [-0.4, -0.2) is 31.5 Å². The number of carbonyl (C=O) groups excluding carboxylic acids is 2. The number of ether oxygens (including phenoxy) is 1. The van der Waals surface area contributed by atoms with E-state index in [1.807, 2.05) is 6.07 Å². The number of amides is 2. The third-order valence-electron chi connectivity index (χ3n) is 2.96. The number of hydrogen-bond acceptors (Lipinski definition) is 3. The number of terminal acetylenes is 1. The fourth-order valence-corrected chi connectivity index (χ4v) is 2.01. The second-order valence-electron chi connectivity index (χ2n) is 4.42. The van der Waals surface area contributed by atoms with E-state index in [1.54, 1.807) is 23.1 Å². The molecule has 1 aliphatic rings. The molecule has 1 heterocycles. The Morgan fingerprint density at radius 1 is 1.50 bits per heavy atom. The van der Waals surface area contributed by atoms with Gasteiger partial charge in [-0.25, -0.2) is 0 Å². The molecule has 0 saturated carbocycles. The molecule has 1 saturated heterocycles. The fraction of sp³-hybridized carbons (Fsp3) is 0.333. The summed E-state index contributed by atoms with van der Waals surface area (Å²) in [7, 11) is 0. The molecule has 0 aliphatic carbocycles. The van der Waals surface area contributed by atoms with Crippen molar-refractivity contribution in [1.82, 2.24) is 5.32 Å². The van der Waals surface area contributed by atoms with Gasteiger partial charge in [0.05, 0.1) is 6.54 Å². The fourth-order valence-electron chi connectivity index (χ4n) is 2.01. The summed E-state index contributed by atoms with van der Waals surface area (Å²) >= 11 is 0. The number of nitrogens with zero attached hydrogens (tertiary/aromatic N) is 1. The van der Waals surface area contributed by atoms with Crippen LogP contribution in [0.2, 0.25) is 0 Å². The van der Waals surface area contributed by atoms with Gasteiger partial charge in [-0.05, 0) is 18.6 Å². The van der Waals surface area contributed by atoms with E-state index in [1.165, 1.54) is 0 Å². The predicted octanol–water partition coefficient (Wildman–Crippen LogP) is 0.942. The number of hydrogen-bond donors (Lipinski definition) is 1. The molecule has 1 aromatic carbocycles. The molecule has 2 rings (SSSR count). The lowest BCUT2D eigenvalue weighted by Gasteiger charge is -2.16. The molecule has 0 radical (unpaired) electrons. The Kier molecular flexibility index (Phi) is 4.61. The van der Waals surface area contributed by atoms with Crippen molar-refractivity contribution in [3.63, 3.8) is 0 Å². The zero-order valence-corrected chi connectivity index (χ0v) is 11.1. The first-order chi connectivity index (χ1) is 9.70. The van der Waals surface area contributed by atoms with Gasteiger partial charge in [-0.2, -0.15) is 0 Å². The van der Waals surface area contributed by atoms with E-state index < -0.39 is 0 Å². The molecule has 5 heteroatoms. The third kappa shape index (κ3) is 3.51. The number of nitrogens with one attached hydrogen (secondary N) is 1. The molecular weight excluding hydrogens is 256 g/mol. The molecular formula is C15H16N2O3. The third-order valence-corrected chi connectivity index (χ3v) is 2.96. The van der Waals surface area contributed by atoms with Crippen LogP contribution >= 0.6 is 0 Å². The van der Waals surface area contributed by atoms with Gasteiger partial charge in [0.25, 0.3) is 5.91 Å². The van der Waals surface area contributed by atoms with Crippen molar-refractivity contribution >= 4 is 17.5 Å². The van der Waals surface area contributed by atoms with E-state index in [-0.39, 0.29) is 25.0 Å². The van der Waals surface area contributed by atoms with E-state index >= 15 is 0 Å². The second-order valence-corrected chi connectivity index (χ2v) is 4.42. The van der Waals surface area contributed by atoms with Crippen LogP contribution < -0.4 is 15.0 Å². The number of anilines is 1. The van der Waals surface area contributed by atoms with Gasteiger partial charge in [0.2, 0.25) is 5.91 Å². The highest BCUT2D eigenvalue weighted by atomic mass is 16.5. The van der Waals surface area contributed by atoms with Gasteiger partial charge in [0, 0.05) is 24.7 Å². The van der Waals surface area contributed by atoms with Crippen LogP contribution in [0, 0.1) is 12.3 Å². The molecule has 0 unspecified atom stereocenters. The van der Waals surface area contributed by atoms with E-state index in [4.69, 9.17) is 11.2 Å². The molecule has 0 aromatic heterocycles. The maximum Gasteiger partial charge on any atom is 0.258 e. The lowest BCUT2D eigenvalue weighted by molar-refractivity contribution is -0.122. The van der Waals surface area contributed by atoms with Gasteiger partial charge in [-0.3, -0.25) is 9.59 Å². The Morgan fingerprint density at radius 3 is 3.05 bits per heavy atom. The Morgan fingerprint density at radius 2 is 2.35 bits per heavy atom. The van der Waals surface area contributed by atoms with Crippen LogP contribution in [0.25, 0.3) is 0 Å². The summed E-state index contributed by atoms with van der Waals surface area (Å²) in [6.45, 7) is 0.814. The SMILES string of the molecule is C#CCNC(=O)COc1cccc(N2CCCC2=O)c1. The lowest BCUT2D eigenvalue weighted by Crippen LogP contribution is -2.29. The molecule has 2 amide bonds. The Bertz CT molecular complexity index is 548. The van der Waals surface area contributed by atoms with Crippen LogP contribution in [0.1, 0.15) is 12.8 Å². The number of rotatable bonds is 5. The van der Waals surface area contributed by atoms with Crippen LogP contribution in [0.3, 0.4) is 0 Å². The average Bonchev–Trinajstić information content (AvgIpc) is 2.89. The van der Waals surface area contributed by atoms with E-state index in [2.05, 4.69) is 11.2 Å². The molecule has 104 valence electrons. The Hall–Kier alpha value is -2.48. The minimum Gasteiger partial charge on any atom is -0.484 e. The smallest absolute Gasteiger partial charge is 0.258 e. The zero-order chi connectivity index (χ0) is 14.4. The van der Waals surface area contributed by atoms with Gasteiger partial charge in [0.1, 0.15) is 5.75 Å². The van der Waals surface area contributed by atoms with Crippen LogP contribution in [-0.2, 0) is 9.59 Å². The van der Waals surface area contributed by atoms with Crippen molar-refractivity contribution in [2.24, 2.45) is 0 Å². The highest BCUT2D eigenvalue weighted by molar-refractivity contribution is 5.95. The van der Waals surface area contributed by atoms with Crippen molar-refractivity contribution in [2.45, 2.75) is 12.8 Å². The van der Waals surface area contributed by atoms with Crippen molar-refractivity contribution < 1.29 is 14.3 Å². The molecule has 1 aromatic rings. The van der Waals surface area contributed by atoms with Crippen LogP contribution in [0.5, 0.6) is 5.75 Å². The first-order valence-electron chi connectivity index (χ1n) is 6.44. The van der Waals surface area contributed by atoms with Crippen molar-refractivity contribution in [1.29, 1.82) is 0 Å². The first kappa shape index (κ1) is 13.9. The first-order valence-corrected chi connectivity index (χ1v) is 6.44. The van der Waals surface area contributed by atoms with E-state index in [0.29, 0.717) is 12.2 Å². The second kappa shape index (κ2) is 6.62. The van der Waals surface area contributed by atoms with Crippen molar-refractivity contribution in [3.8, 4) is 18.1 Å². The molecule has 0 bridgehead atoms. The van der Waals surface area contributed by atoms with Crippen LogP contribution in [0.4, 0.5) is 5.69 Å². The van der Waals surface area contributed by atoms with Gasteiger partial charge >= 0.3 is 0 Å². The highest BCUT2D eigenvalue weighted by Gasteiger charge is 2.21. The topological polar surface area (TPSA) is 58.6 Å². The van der Waals surface area contributed by atoms with Gasteiger partial charge in [-0.1, -0.05) is 12.0 Å². The summed E-state index contributed by atoms with van der Waals surface area (Å²) in [5.74, 6) is 2.72. The monoisotopic (exact) mass is 272 g/mol. The summed E-state index contributed by atoms with van der Waals surface area (Å²) < 4.78 is 5.38. The summed E-state index contributed by atoms with van der Waals surface area (Å²) in [6, 6.07) is 7.17. The molecule has 5 nitrogen and oxygen atoms in total. The minimum absolute atomic E-state index is 0.0981. The summed E-state index contributed by atoms with van der Waals surface area (Å²) in [5, 5.41) is 2.51. The molecule has 0 atom stereocenters. The molecule has 20 heavy (non-hydrogen) atoms. The van der Waals surface area contributed by atoms with Gasteiger partial charge < -0.3 is 15.0 Å². The molecule has 0 spiro atoms. The Balaban J connectivity index is 1.94. The molecule has 1 fully saturated rings. The predicted molar refractivity (Wildman–Crippen MR) is 75.4 cm³/mol. The Labute approximate surface area is 117 Å². The maximum atomic E-state index is 11.7. The number of benzene rings is 1. The van der Waals surface area contributed by atoms with E-state index in [9.17, 15) is 9.59 Å². The maximum absolute atomic E-state index is 11.7. The van der Waals surface area contributed by atoms with Gasteiger partial charge in [-0.15, -0.1) is 6.42 Å². The minimum atomic E-state index is -0.273. The average molecular weight is 272 g/mol.